The summed E-state index contributed by atoms with van der Waals surface area (Å²) in [6.45, 7) is 0.467. The summed E-state index contributed by atoms with van der Waals surface area (Å²) in [7, 11) is -3.12. The van der Waals surface area contributed by atoms with Gasteiger partial charge in [0.15, 0.2) is 9.84 Å². The van der Waals surface area contributed by atoms with Crippen molar-refractivity contribution in [1.29, 1.82) is 0 Å². The average Bonchev–Trinajstić information content (AvgIpc) is 3.17. The van der Waals surface area contributed by atoms with Gasteiger partial charge in [-0.1, -0.05) is 12.1 Å². The Balaban J connectivity index is 1.45. The molecule has 2 saturated heterocycles. The largest absolute Gasteiger partial charge is 0.573 e. The number of carbonyl (C=O) groups is 2. The van der Waals surface area contributed by atoms with E-state index in [0.29, 0.717) is 12.8 Å². The van der Waals surface area contributed by atoms with Crippen molar-refractivity contribution < 1.29 is 35.9 Å². The van der Waals surface area contributed by atoms with Crippen molar-refractivity contribution in [2.75, 3.05) is 24.6 Å². The molecule has 0 spiro atoms. The number of carbonyl (C=O) groups excluding carboxylic acids is 2. The minimum atomic E-state index is -4.75. The molecule has 2 amide bonds. The van der Waals surface area contributed by atoms with E-state index in [1.165, 1.54) is 29.2 Å². The van der Waals surface area contributed by atoms with E-state index in [4.69, 9.17) is 0 Å². The summed E-state index contributed by atoms with van der Waals surface area (Å²) in [6, 6.07) is 5.01. The molecule has 1 aromatic carbocycles. The van der Waals surface area contributed by atoms with E-state index in [1.807, 2.05) is 0 Å². The van der Waals surface area contributed by atoms with E-state index in [9.17, 15) is 31.2 Å². The van der Waals surface area contributed by atoms with E-state index in [1.54, 1.807) is 0 Å². The fourth-order valence-electron chi connectivity index (χ4n) is 3.61. The van der Waals surface area contributed by atoms with Gasteiger partial charge in [0.2, 0.25) is 11.8 Å². The third kappa shape index (κ3) is 5.84. The molecule has 2 aliphatic heterocycles. The standard InChI is InChI=1S/C18H21F3N2O5S/c19-18(20,21)28-15-3-1-12(2-4-15)5-7-22-17(25)13-9-16(24)23(10-13)14-6-8-29(26,27)11-14/h1-4,13-14H,5-11H2,(H,22,25)/t13-,14-/m1/s1. The molecular weight excluding hydrogens is 413 g/mol. The minimum Gasteiger partial charge on any atom is -0.406 e. The number of hydrogen-bond donors (Lipinski definition) is 1. The first kappa shape index (κ1) is 21.4. The van der Waals surface area contributed by atoms with E-state index >= 15 is 0 Å². The summed E-state index contributed by atoms with van der Waals surface area (Å²) in [5.74, 6) is -1.35. The predicted octanol–water partition coefficient (Wildman–Crippen LogP) is 1.28. The number of likely N-dealkylation sites (tertiary alicyclic amines) is 1. The van der Waals surface area contributed by atoms with Gasteiger partial charge in [0.05, 0.1) is 17.4 Å². The van der Waals surface area contributed by atoms with Crippen LogP contribution in [0.4, 0.5) is 13.2 Å². The lowest BCUT2D eigenvalue weighted by Gasteiger charge is -2.22. The summed E-state index contributed by atoms with van der Waals surface area (Å²) in [5, 5.41) is 2.73. The Kier molecular flexibility index (Phi) is 6.06. The molecule has 0 radical (unpaired) electrons. The van der Waals surface area contributed by atoms with Crippen LogP contribution in [0.1, 0.15) is 18.4 Å². The number of nitrogens with zero attached hydrogens (tertiary/aromatic N) is 1. The topological polar surface area (TPSA) is 92.8 Å². The Hall–Kier alpha value is -2.30. The molecule has 11 heteroatoms. The molecule has 1 aromatic rings. The smallest absolute Gasteiger partial charge is 0.406 e. The van der Waals surface area contributed by atoms with Gasteiger partial charge in [-0.05, 0) is 30.5 Å². The summed E-state index contributed by atoms with van der Waals surface area (Å²) in [5.41, 5.74) is 0.722. The third-order valence-electron chi connectivity index (χ3n) is 5.05. The first-order valence-corrected chi connectivity index (χ1v) is 11.0. The number of rotatable bonds is 6. The second kappa shape index (κ2) is 8.21. The highest BCUT2D eigenvalue weighted by Crippen LogP contribution is 2.26. The number of sulfone groups is 1. The summed E-state index contributed by atoms with van der Waals surface area (Å²) < 4.78 is 63.4. The van der Waals surface area contributed by atoms with E-state index < -0.39 is 22.1 Å². The number of amides is 2. The normalized spacial score (nSPS) is 24.0. The van der Waals surface area contributed by atoms with Crippen LogP contribution >= 0.6 is 0 Å². The molecule has 1 N–H and O–H groups in total. The molecule has 2 fully saturated rings. The summed E-state index contributed by atoms with van der Waals surface area (Å²) in [4.78, 5) is 26.0. The Labute approximate surface area is 166 Å². The monoisotopic (exact) mass is 434 g/mol. The van der Waals surface area contributed by atoms with Gasteiger partial charge >= 0.3 is 6.36 Å². The zero-order chi connectivity index (χ0) is 21.2. The molecule has 7 nitrogen and oxygen atoms in total. The Morgan fingerprint density at radius 2 is 1.93 bits per heavy atom. The van der Waals surface area contributed by atoms with Crippen molar-refractivity contribution >= 4 is 21.7 Å². The Morgan fingerprint density at radius 1 is 1.24 bits per heavy atom. The molecule has 2 aliphatic rings. The van der Waals surface area contributed by atoms with Crippen LogP contribution in [0.5, 0.6) is 5.75 Å². The first-order valence-electron chi connectivity index (χ1n) is 9.15. The van der Waals surface area contributed by atoms with Crippen LogP contribution in [0, 0.1) is 5.92 Å². The fraction of sp³-hybridized carbons (Fsp3) is 0.556. The molecule has 29 heavy (non-hydrogen) atoms. The van der Waals surface area contributed by atoms with Gasteiger partial charge in [-0.25, -0.2) is 8.42 Å². The Bertz CT molecular complexity index is 870. The second-order valence-corrected chi connectivity index (χ2v) is 9.47. The van der Waals surface area contributed by atoms with Gasteiger partial charge in [0, 0.05) is 25.6 Å². The van der Waals surface area contributed by atoms with Crippen molar-refractivity contribution in [3.05, 3.63) is 29.8 Å². The average molecular weight is 434 g/mol. The molecule has 2 atom stereocenters. The molecule has 2 heterocycles. The Morgan fingerprint density at radius 3 is 2.52 bits per heavy atom. The van der Waals surface area contributed by atoms with Gasteiger partial charge in [-0.15, -0.1) is 13.2 Å². The van der Waals surface area contributed by atoms with Crippen molar-refractivity contribution in [3.8, 4) is 5.75 Å². The van der Waals surface area contributed by atoms with Crippen LogP contribution < -0.4 is 10.1 Å². The van der Waals surface area contributed by atoms with Crippen LogP contribution in [0.3, 0.4) is 0 Å². The van der Waals surface area contributed by atoms with E-state index in [-0.39, 0.29) is 54.6 Å². The molecule has 0 aromatic heterocycles. The van der Waals surface area contributed by atoms with Crippen LogP contribution in [-0.4, -0.2) is 62.1 Å². The highest BCUT2D eigenvalue weighted by Gasteiger charge is 2.41. The van der Waals surface area contributed by atoms with Crippen molar-refractivity contribution in [2.24, 2.45) is 5.92 Å². The van der Waals surface area contributed by atoms with Gasteiger partial charge in [-0.3, -0.25) is 9.59 Å². The number of ether oxygens (including phenoxy) is 1. The van der Waals surface area contributed by atoms with Crippen molar-refractivity contribution in [1.82, 2.24) is 10.2 Å². The fourth-order valence-corrected chi connectivity index (χ4v) is 5.34. The highest BCUT2D eigenvalue weighted by molar-refractivity contribution is 7.91. The van der Waals surface area contributed by atoms with Crippen molar-refractivity contribution in [2.45, 2.75) is 31.7 Å². The van der Waals surface area contributed by atoms with E-state index in [2.05, 4.69) is 10.1 Å². The summed E-state index contributed by atoms with van der Waals surface area (Å²) in [6.07, 6.45) is -3.89. The number of hydrogen-bond acceptors (Lipinski definition) is 5. The van der Waals surface area contributed by atoms with Gasteiger partial charge in [0.1, 0.15) is 5.75 Å². The van der Waals surface area contributed by atoms with Gasteiger partial charge < -0.3 is 15.0 Å². The van der Waals surface area contributed by atoms with Crippen LogP contribution in [0.25, 0.3) is 0 Å². The third-order valence-corrected chi connectivity index (χ3v) is 6.80. The van der Waals surface area contributed by atoms with Crippen LogP contribution in [0.15, 0.2) is 24.3 Å². The number of nitrogens with one attached hydrogen (secondary N) is 1. The quantitative estimate of drug-likeness (QED) is 0.728. The van der Waals surface area contributed by atoms with Gasteiger partial charge in [-0.2, -0.15) is 0 Å². The molecular formula is C18H21F3N2O5S. The SMILES string of the molecule is O=C(NCCc1ccc(OC(F)(F)F)cc1)[C@@H]1CC(=O)N([C@@H]2CCS(=O)(=O)C2)C1. The molecule has 160 valence electrons. The lowest BCUT2D eigenvalue weighted by atomic mass is 10.1. The highest BCUT2D eigenvalue weighted by atomic mass is 32.2. The zero-order valence-electron chi connectivity index (χ0n) is 15.4. The maximum Gasteiger partial charge on any atom is 0.573 e. The van der Waals surface area contributed by atoms with Crippen molar-refractivity contribution in [3.63, 3.8) is 0 Å². The molecule has 3 rings (SSSR count). The summed E-state index contributed by atoms with van der Waals surface area (Å²) >= 11 is 0. The molecule has 0 unspecified atom stereocenters. The van der Waals surface area contributed by atoms with E-state index in [0.717, 1.165) is 5.56 Å². The van der Waals surface area contributed by atoms with Crippen LogP contribution in [-0.2, 0) is 25.8 Å². The first-order chi connectivity index (χ1) is 13.5. The number of benzene rings is 1. The maximum absolute atomic E-state index is 12.3. The number of halogens is 3. The second-order valence-electron chi connectivity index (χ2n) is 7.24. The zero-order valence-corrected chi connectivity index (χ0v) is 16.3. The van der Waals surface area contributed by atoms with Crippen LogP contribution in [0.2, 0.25) is 0 Å². The maximum atomic E-state index is 12.3. The van der Waals surface area contributed by atoms with Gasteiger partial charge in [0.25, 0.3) is 0 Å². The molecule has 0 aliphatic carbocycles. The minimum absolute atomic E-state index is 0.0475. The predicted molar refractivity (Wildman–Crippen MR) is 96.7 cm³/mol. The lowest BCUT2D eigenvalue weighted by Crippen LogP contribution is -2.39. The molecule has 0 bridgehead atoms. The lowest BCUT2D eigenvalue weighted by molar-refractivity contribution is -0.274. The number of alkyl halides is 3. The molecule has 0 saturated carbocycles.